The molecular weight excluding hydrogens is 1030 g/mol. The number of aryl methyl sites for hydroxylation is 3. The summed E-state index contributed by atoms with van der Waals surface area (Å²) in [6, 6.07) is 13.8. The number of carbonyl (C=O) groups excluding carboxylic acids is 4. The van der Waals surface area contributed by atoms with Gasteiger partial charge in [-0.3, -0.25) is 18.7 Å². The van der Waals surface area contributed by atoms with Crippen LogP contribution in [-0.4, -0.2) is 143 Å². The summed E-state index contributed by atoms with van der Waals surface area (Å²) in [7, 11) is 0.501. The number of rotatable bonds is 35. The van der Waals surface area contributed by atoms with Crippen molar-refractivity contribution in [3.63, 3.8) is 0 Å². The normalized spacial score (nSPS) is 13.5. The molecule has 1 aliphatic heterocycles. The molecule has 20 heteroatoms. The first-order valence-electron chi connectivity index (χ1n) is 27.5. The molecular formula is C57H85N4O14S2+3. The van der Waals surface area contributed by atoms with E-state index < -0.39 is 49.7 Å². The molecule has 0 unspecified atom stereocenters. The van der Waals surface area contributed by atoms with E-state index in [4.69, 9.17) is 23.6 Å². The van der Waals surface area contributed by atoms with Crippen LogP contribution >= 0.6 is 0 Å². The van der Waals surface area contributed by atoms with Crippen molar-refractivity contribution in [3.05, 3.63) is 70.8 Å². The zero-order valence-electron chi connectivity index (χ0n) is 46.6. The summed E-state index contributed by atoms with van der Waals surface area (Å²) in [6.07, 6.45) is 15.1. The molecule has 5 rings (SSSR count). The number of imide groups is 1. The number of hydrogen-bond acceptors (Lipinski definition) is 12. The van der Waals surface area contributed by atoms with E-state index in [9.17, 15) is 40.6 Å². The van der Waals surface area contributed by atoms with E-state index in [0.29, 0.717) is 80.2 Å². The van der Waals surface area contributed by atoms with E-state index >= 15 is 0 Å². The number of aromatic nitrogens is 1. The van der Waals surface area contributed by atoms with Crippen LogP contribution in [-0.2, 0) is 41.2 Å². The Bertz CT molecular complexity index is 2870. The largest absolute Gasteiger partial charge is 0.494 e. The molecule has 1 fully saturated rings. The third kappa shape index (κ3) is 20.5. The van der Waals surface area contributed by atoms with Crippen LogP contribution in [0.3, 0.4) is 0 Å². The Morgan fingerprint density at radius 1 is 0.584 bits per heavy atom. The number of esters is 1. The molecule has 426 valence electrons. The van der Waals surface area contributed by atoms with E-state index in [1.54, 1.807) is 32.0 Å². The quantitative estimate of drug-likeness (QED) is 0.00641. The van der Waals surface area contributed by atoms with Crippen molar-refractivity contribution in [1.82, 2.24) is 5.06 Å². The summed E-state index contributed by atoms with van der Waals surface area (Å²) < 4.78 is 87.5. The van der Waals surface area contributed by atoms with Crippen molar-refractivity contribution in [2.45, 2.75) is 143 Å². The lowest BCUT2D eigenvalue weighted by molar-refractivity contribution is -0.890. The molecule has 0 radical (unpaired) electrons. The van der Waals surface area contributed by atoms with Crippen LogP contribution in [0.15, 0.2) is 48.5 Å². The number of hydrogen-bond donors (Lipinski definition) is 2. The summed E-state index contributed by atoms with van der Waals surface area (Å²) in [5, 5.41) is 1.41. The Kier molecular flexibility index (Phi) is 23.7. The third-order valence-corrected chi connectivity index (χ3v) is 15.9. The molecule has 1 aliphatic rings. The Labute approximate surface area is 456 Å². The van der Waals surface area contributed by atoms with Gasteiger partial charge in [-0.2, -0.15) is 21.4 Å². The Balaban J connectivity index is 1.37. The van der Waals surface area contributed by atoms with Gasteiger partial charge < -0.3 is 28.0 Å². The van der Waals surface area contributed by atoms with Gasteiger partial charge in [0.15, 0.2) is 6.54 Å². The SMILES string of the molecule is CCCC[N+](C)(C)CCCCCCCCOc1ccc2c(c1)c(C(=O)Oc1c(C)cc(C(=O)ON3C(=O)CCC3=O)cc1C)c1cc(OCCCCCCCC[N+](C)(C)CCCS(=O)(=O)O)ccc1[n+]2CCCS(=O)(=O)O. The van der Waals surface area contributed by atoms with Crippen LogP contribution in [0.4, 0.5) is 0 Å². The Hall–Kier alpha value is -5.25. The molecule has 0 aliphatic carbocycles. The average Bonchev–Trinajstić information content (AvgIpc) is 3.75. The van der Waals surface area contributed by atoms with Crippen LogP contribution in [0.1, 0.15) is 154 Å². The summed E-state index contributed by atoms with van der Waals surface area (Å²) in [5.74, 6) is -2.36. The molecule has 3 aromatic carbocycles. The second-order valence-corrected chi connectivity index (χ2v) is 25.2. The van der Waals surface area contributed by atoms with Gasteiger partial charge in [0.05, 0.1) is 101 Å². The molecule has 1 saturated heterocycles. The molecule has 0 saturated carbocycles. The van der Waals surface area contributed by atoms with Crippen molar-refractivity contribution in [2.75, 3.05) is 79.1 Å². The predicted molar refractivity (Wildman–Crippen MR) is 296 cm³/mol. The third-order valence-electron chi connectivity index (χ3n) is 14.3. The number of amides is 2. The van der Waals surface area contributed by atoms with Gasteiger partial charge >= 0.3 is 11.9 Å². The second kappa shape index (κ2) is 29.1. The van der Waals surface area contributed by atoms with Crippen molar-refractivity contribution in [3.8, 4) is 17.2 Å². The smallest absolute Gasteiger partial charge is 0.363 e. The maximum absolute atomic E-state index is 15.0. The summed E-state index contributed by atoms with van der Waals surface area (Å²) in [4.78, 5) is 57.7. The van der Waals surface area contributed by atoms with Gasteiger partial charge in [-0.15, -0.1) is 5.06 Å². The van der Waals surface area contributed by atoms with E-state index in [1.807, 2.05) is 22.8 Å². The monoisotopic (exact) mass is 1110 g/mol. The van der Waals surface area contributed by atoms with Crippen molar-refractivity contribution in [1.29, 1.82) is 0 Å². The van der Waals surface area contributed by atoms with Gasteiger partial charge in [-0.05, 0) is 106 Å². The molecule has 18 nitrogen and oxygen atoms in total. The number of nitrogens with zero attached hydrogens (tertiary/aromatic N) is 4. The van der Waals surface area contributed by atoms with E-state index in [-0.39, 0.29) is 48.4 Å². The number of carbonyl (C=O) groups is 4. The van der Waals surface area contributed by atoms with Crippen LogP contribution in [0.5, 0.6) is 17.2 Å². The average molecular weight is 1110 g/mol. The minimum atomic E-state index is -4.28. The lowest BCUT2D eigenvalue weighted by Gasteiger charge is -2.29. The maximum atomic E-state index is 15.0. The van der Waals surface area contributed by atoms with Gasteiger partial charge in [0.1, 0.15) is 17.2 Å². The first-order valence-corrected chi connectivity index (χ1v) is 30.7. The lowest BCUT2D eigenvalue weighted by Crippen LogP contribution is -2.41. The van der Waals surface area contributed by atoms with Gasteiger partial charge in [0.25, 0.3) is 32.1 Å². The molecule has 2 amide bonds. The minimum Gasteiger partial charge on any atom is -0.494 e. The standard InChI is InChI=1S/C57H83N4O14S2/c1-8-9-31-60(4,5)32-18-14-10-12-16-20-35-72-46-24-26-50-48(41-46)54(57(65)74-55-43(2)39-45(40-44(55)3)56(64)75-59-52(62)28-29-53(59)63)49-42-47(25-27-51(49)58(50)30-22-37-76(66,67)68)73-36-21-17-13-11-15-19-33-61(6,7)34-23-38-77(69,70)71/h24-27,39-42H,8-23,28-38H2,1-7H3/q+1/p+2. The summed E-state index contributed by atoms with van der Waals surface area (Å²) in [5.41, 5.74) is 2.24. The highest BCUT2D eigenvalue weighted by molar-refractivity contribution is 7.86. The molecule has 2 N–H and O–H groups in total. The first-order chi connectivity index (χ1) is 36.4. The predicted octanol–water partition coefficient (Wildman–Crippen LogP) is 9.28. The molecule has 0 atom stereocenters. The van der Waals surface area contributed by atoms with Crippen LogP contribution in [0, 0.1) is 13.8 Å². The van der Waals surface area contributed by atoms with Crippen LogP contribution in [0.25, 0.3) is 21.8 Å². The molecule has 0 spiro atoms. The molecule has 4 aromatic rings. The molecule has 2 heterocycles. The van der Waals surface area contributed by atoms with Crippen molar-refractivity contribution in [2.24, 2.45) is 0 Å². The van der Waals surface area contributed by atoms with Gasteiger partial charge in [-0.1, -0.05) is 51.9 Å². The van der Waals surface area contributed by atoms with Gasteiger partial charge in [0, 0.05) is 37.8 Å². The Morgan fingerprint density at radius 3 is 1.48 bits per heavy atom. The number of hydroxylamine groups is 2. The fraction of sp³-hybridized carbons (Fsp3) is 0.596. The topological polar surface area (TPSA) is 221 Å². The van der Waals surface area contributed by atoms with Crippen LogP contribution < -0.4 is 18.8 Å². The number of fused-ring (bicyclic) bond motifs is 2. The fourth-order valence-corrected chi connectivity index (χ4v) is 10.9. The molecule has 0 bridgehead atoms. The zero-order chi connectivity index (χ0) is 56.4. The fourth-order valence-electron chi connectivity index (χ4n) is 9.95. The van der Waals surface area contributed by atoms with Gasteiger partial charge in [-0.25, -0.2) is 9.59 Å². The van der Waals surface area contributed by atoms with E-state index in [1.165, 1.54) is 50.9 Å². The number of pyridine rings is 1. The lowest BCUT2D eigenvalue weighted by atomic mass is 10.0. The summed E-state index contributed by atoms with van der Waals surface area (Å²) >= 11 is 0. The second-order valence-electron chi connectivity index (χ2n) is 22.0. The van der Waals surface area contributed by atoms with Crippen molar-refractivity contribution >= 4 is 65.8 Å². The van der Waals surface area contributed by atoms with E-state index in [2.05, 4.69) is 35.1 Å². The first kappa shape index (κ1) is 62.6. The minimum absolute atomic E-state index is 0.0471. The number of unbranched alkanes of at least 4 members (excludes halogenated alkanes) is 11. The summed E-state index contributed by atoms with van der Waals surface area (Å²) in [6.45, 7) is 10.5. The molecule has 77 heavy (non-hydrogen) atoms. The van der Waals surface area contributed by atoms with Crippen LogP contribution in [0.2, 0.25) is 0 Å². The highest BCUT2D eigenvalue weighted by Crippen LogP contribution is 2.34. The number of ether oxygens (including phenoxy) is 3. The van der Waals surface area contributed by atoms with E-state index in [0.717, 1.165) is 75.2 Å². The van der Waals surface area contributed by atoms with Gasteiger partial charge in [0.2, 0.25) is 11.0 Å². The number of benzene rings is 3. The Morgan fingerprint density at radius 2 is 1.01 bits per heavy atom. The molecule has 1 aromatic heterocycles. The highest BCUT2D eigenvalue weighted by atomic mass is 32.2. The maximum Gasteiger partial charge on any atom is 0.363 e. The van der Waals surface area contributed by atoms with Crippen molar-refractivity contribution < 1.29 is 77.7 Å². The highest BCUT2D eigenvalue weighted by Gasteiger charge is 2.34. The number of quaternary nitrogens is 2. The zero-order valence-corrected chi connectivity index (χ0v) is 48.2.